The number of aryl methyl sites for hydroxylation is 1. The molecule has 1 atom stereocenters. The molecule has 1 heterocycles. The molecule has 186 valence electrons. The van der Waals surface area contributed by atoms with Gasteiger partial charge in [-0.2, -0.15) is 13.2 Å². The highest BCUT2D eigenvalue weighted by Crippen LogP contribution is 2.43. The highest BCUT2D eigenvalue weighted by Gasteiger charge is 2.59. The van der Waals surface area contributed by atoms with Crippen molar-refractivity contribution >= 4 is 40.1 Å². The van der Waals surface area contributed by atoms with Gasteiger partial charge in [0.15, 0.2) is 11.6 Å². The van der Waals surface area contributed by atoms with Crippen LogP contribution in [0.4, 0.5) is 27.6 Å². The van der Waals surface area contributed by atoms with E-state index in [1.165, 1.54) is 26.1 Å². The first-order valence-electron chi connectivity index (χ1n) is 10.0. The van der Waals surface area contributed by atoms with E-state index in [1.807, 2.05) is 0 Å². The minimum Gasteiger partial charge on any atom is -0.493 e. The lowest BCUT2D eigenvalue weighted by Crippen LogP contribution is -2.58. The summed E-state index contributed by atoms with van der Waals surface area (Å²) in [6.07, 6.45) is -4.06. The molecule has 1 unspecified atom stereocenters. The third-order valence-corrected chi connectivity index (χ3v) is 5.81. The smallest absolute Gasteiger partial charge is 0.427 e. The predicted molar refractivity (Wildman–Crippen MR) is 122 cm³/mol. The molecule has 2 aromatic carbocycles. The van der Waals surface area contributed by atoms with E-state index in [4.69, 9.17) is 21.7 Å². The molecule has 0 aliphatic heterocycles. The zero-order chi connectivity index (χ0) is 26.3. The largest absolute Gasteiger partial charge is 0.493 e. The van der Waals surface area contributed by atoms with Gasteiger partial charge in [0.25, 0.3) is 0 Å². The number of hydrogen-bond donors (Lipinski definition) is 2. The maximum Gasteiger partial charge on any atom is 0.427 e. The second-order valence-corrected chi connectivity index (χ2v) is 8.65. The predicted octanol–water partition coefficient (Wildman–Crippen LogP) is 5.87. The van der Waals surface area contributed by atoms with Crippen LogP contribution in [0.25, 0.3) is 10.9 Å². The zero-order valence-electron chi connectivity index (χ0n) is 18.9. The van der Waals surface area contributed by atoms with Crippen molar-refractivity contribution in [3.63, 3.8) is 0 Å². The second-order valence-electron chi connectivity index (χ2n) is 8.24. The lowest BCUT2D eigenvalue weighted by atomic mass is 9.72. The molecular weight excluding hydrogens is 495 g/mol. The Labute approximate surface area is 202 Å². The topological polar surface area (TPSA) is 91.5 Å². The second kappa shape index (κ2) is 9.12. The molecule has 6 nitrogen and oxygen atoms in total. The van der Waals surface area contributed by atoms with Crippen LogP contribution in [0.2, 0.25) is 5.02 Å². The maximum absolute atomic E-state index is 14.5. The fourth-order valence-electron chi connectivity index (χ4n) is 3.56. The number of nitrogens with one attached hydrogen (secondary N) is 1. The number of benzene rings is 2. The summed E-state index contributed by atoms with van der Waals surface area (Å²) in [5, 5.41) is 18.9. The van der Waals surface area contributed by atoms with Crippen LogP contribution in [0.5, 0.6) is 5.75 Å². The summed E-state index contributed by atoms with van der Waals surface area (Å²) in [5.41, 5.74) is -7.48. The SMILES string of the molecule is COc1c(C(C)(C)C(=N)C(O)(C=Nc2cc(F)cc3nc(C)ncc23)C(F)(F)F)ccc(Cl)c1F. The number of fused-ring (bicyclic) bond motifs is 1. The Bertz CT molecular complexity index is 1340. The molecule has 3 rings (SSSR count). The fourth-order valence-corrected chi connectivity index (χ4v) is 3.71. The molecule has 1 aromatic heterocycles. The minimum atomic E-state index is -5.42. The van der Waals surface area contributed by atoms with Gasteiger partial charge in [-0.15, -0.1) is 0 Å². The van der Waals surface area contributed by atoms with Crippen LogP contribution < -0.4 is 4.74 Å². The molecule has 0 bridgehead atoms. The van der Waals surface area contributed by atoms with Gasteiger partial charge in [-0.05, 0) is 13.0 Å². The van der Waals surface area contributed by atoms with Gasteiger partial charge in [0, 0.05) is 34.7 Å². The van der Waals surface area contributed by atoms with E-state index in [0.29, 0.717) is 5.82 Å². The molecule has 0 aliphatic carbocycles. The number of halogens is 6. The lowest BCUT2D eigenvalue weighted by molar-refractivity contribution is -0.204. The highest BCUT2D eigenvalue weighted by molar-refractivity contribution is 6.31. The Morgan fingerprint density at radius 2 is 1.86 bits per heavy atom. The molecule has 12 heteroatoms. The number of aromatic nitrogens is 2. The van der Waals surface area contributed by atoms with Gasteiger partial charge in [0.2, 0.25) is 5.60 Å². The first kappa shape index (κ1) is 26.4. The van der Waals surface area contributed by atoms with E-state index in [9.17, 15) is 27.1 Å². The standard InChI is InChI=1S/C23H20ClF5N4O2/c1-11-31-9-13-16(7-12(25)8-17(13)33-11)32-10-22(34,23(27,28)29)20(30)21(2,3)14-5-6-15(24)18(26)19(14)35-4/h5-10,30,34H,1-4H3. The van der Waals surface area contributed by atoms with E-state index < -0.39 is 40.3 Å². The summed E-state index contributed by atoms with van der Waals surface area (Å²) in [5.74, 6) is -2.02. The normalized spacial score (nSPS) is 14.4. The summed E-state index contributed by atoms with van der Waals surface area (Å²) < 4.78 is 76.1. The molecule has 0 saturated heterocycles. The number of nitrogens with zero attached hydrogens (tertiary/aromatic N) is 3. The van der Waals surface area contributed by atoms with Gasteiger partial charge in [-0.25, -0.2) is 18.7 Å². The molecule has 0 saturated carbocycles. The van der Waals surface area contributed by atoms with Crippen LogP contribution in [0.3, 0.4) is 0 Å². The number of aliphatic imine (C=N–C) groups is 1. The fraction of sp³-hybridized carbons (Fsp3) is 0.304. The van der Waals surface area contributed by atoms with Crippen molar-refractivity contribution in [2.75, 3.05) is 7.11 Å². The first-order chi connectivity index (χ1) is 16.1. The average Bonchev–Trinajstić information content (AvgIpc) is 2.76. The molecule has 35 heavy (non-hydrogen) atoms. The average molecular weight is 515 g/mol. The summed E-state index contributed by atoms with van der Waals surface area (Å²) in [6, 6.07) is 4.21. The van der Waals surface area contributed by atoms with Crippen molar-refractivity contribution in [1.29, 1.82) is 5.41 Å². The van der Waals surface area contributed by atoms with Gasteiger partial charge in [0.1, 0.15) is 11.6 Å². The Morgan fingerprint density at radius 1 is 1.20 bits per heavy atom. The van der Waals surface area contributed by atoms with Crippen LogP contribution in [0.15, 0.2) is 35.5 Å². The van der Waals surface area contributed by atoms with Crippen LogP contribution in [0.1, 0.15) is 25.2 Å². The molecular formula is C23H20ClF5N4O2. The number of rotatable bonds is 6. The van der Waals surface area contributed by atoms with Crippen LogP contribution in [0, 0.1) is 24.0 Å². The highest BCUT2D eigenvalue weighted by atomic mass is 35.5. The van der Waals surface area contributed by atoms with Gasteiger partial charge >= 0.3 is 6.18 Å². The molecule has 0 radical (unpaired) electrons. The number of ether oxygens (including phenoxy) is 1. The molecule has 0 aliphatic rings. The summed E-state index contributed by atoms with van der Waals surface area (Å²) in [4.78, 5) is 11.7. The van der Waals surface area contributed by atoms with E-state index >= 15 is 0 Å². The minimum absolute atomic E-state index is 0.0944. The summed E-state index contributed by atoms with van der Waals surface area (Å²) in [6.45, 7) is 3.91. The Morgan fingerprint density at radius 3 is 2.46 bits per heavy atom. The van der Waals surface area contributed by atoms with Crippen molar-refractivity contribution in [2.24, 2.45) is 4.99 Å². The molecule has 0 amide bonds. The van der Waals surface area contributed by atoms with Crippen LogP contribution in [-0.4, -0.2) is 45.9 Å². The summed E-state index contributed by atoms with van der Waals surface area (Å²) in [7, 11) is 1.09. The van der Waals surface area contributed by atoms with Gasteiger partial charge in [0.05, 0.1) is 35.3 Å². The quantitative estimate of drug-likeness (QED) is 0.318. The van der Waals surface area contributed by atoms with Crippen molar-refractivity contribution in [3.8, 4) is 5.75 Å². The van der Waals surface area contributed by atoms with Crippen molar-refractivity contribution in [3.05, 3.63) is 58.5 Å². The number of alkyl halides is 3. The van der Waals surface area contributed by atoms with E-state index in [0.717, 1.165) is 25.3 Å². The van der Waals surface area contributed by atoms with Gasteiger partial charge in [-0.1, -0.05) is 31.5 Å². The van der Waals surface area contributed by atoms with Crippen LogP contribution in [-0.2, 0) is 5.41 Å². The molecule has 0 spiro atoms. The Hall–Kier alpha value is -3.18. The van der Waals surface area contributed by atoms with Gasteiger partial charge < -0.3 is 15.3 Å². The Kier molecular flexibility index (Phi) is 6.89. The van der Waals surface area contributed by atoms with Crippen molar-refractivity contribution in [1.82, 2.24) is 9.97 Å². The van der Waals surface area contributed by atoms with E-state index in [-0.39, 0.29) is 33.4 Å². The molecule has 3 aromatic rings. The van der Waals surface area contributed by atoms with Crippen molar-refractivity contribution in [2.45, 2.75) is 38.0 Å². The number of aliphatic hydroxyl groups is 1. The Balaban J connectivity index is 2.17. The first-order valence-corrected chi connectivity index (χ1v) is 10.4. The summed E-state index contributed by atoms with van der Waals surface area (Å²) >= 11 is 5.74. The number of methoxy groups -OCH3 is 1. The third kappa shape index (κ3) is 4.70. The molecule has 0 fully saturated rings. The zero-order valence-corrected chi connectivity index (χ0v) is 19.7. The number of hydrogen-bond acceptors (Lipinski definition) is 6. The lowest BCUT2D eigenvalue weighted by Gasteiger charge is -2.37. The van der Waals surface area contributed by atoms with Crippen LogP contribution >= 0.6 is 11.6 Å². The molecule has 2 N–H and O–H groups in total. The monoisotopic (exact) mass is 514 g/mol. The third-order valence-electron chi connectivity index (χ3n) is 5.52. The van der Waals surface area contributed by atoms with Crippen molar-refractivity contribution < 1.29 is 31.8 Å². The maximum atomic E-state index is 14.5. The van der Waals surface area contributed by atoms with E-state index in [1.54, 1.807) is 6.92 Å². The van der Waals surface area contributed by atoms with E-state index in [2.05, 4.69) is 15.0 Å². The van der Waals surface area contributed by atoms with Gasteiger partial charge in [-0.3, -0.25) is 4.99 Å².